The molecule has 1 saturated heterocycles. The summed E-state index contributed by atoms with van der Waals surface area (Å²) in [5, 5.41) is 8.46. The van der Waals surface area contributed by atoms with Gasteiger partial charge in [0, 0.05) is 25.6 Å². The standard InChI is InChI=1S/C19H28N3O7P/c1-27-12-19(11-23,30(24,25)26)29-10-14-6-8-22(9-7-14)18-15-4-3-5-16(28-2)17(15)20-13-21-18/h3-5,13-14,23H,6-12H2,1-2H3,(H2,24,25,26). The highest BCUT2D eigenvalue weighted by Crippen LogP contribution is 2.51. The quantitative estimate of drug-likeness (QED) is 0.490. The van der Waals surface area contributed by atoms with E-state index in [9.17, 15) is 19.5 Å². The van der Waals surface area contributed by atoms with Gasteiger partial charge >= 0.3 is 7.60 Å². The molecule has 2 aromatic rings. The number of fused-ring (bicyclic) bond motifs is 1. The minimum atomic E-state index is -4.72. The van der Waals surface area contributed by atoms with Gasteiger partial charge in [-0.3, -0.25) is 4.57 Å². The number of para-hydroxylation sites is 1. The first-order valence-electron chi connectivity index (χ1n) is 9.67. The van der Waals surface area contributed by atoms with Gasteiger partial charge in [-0.25, -0.2) is 9.97 Å². The molecule has 0 spiro atoms. The second-order valence-corrected chi connectivity index (χ2v) is 9.28. The highest BCUT2D eigenvalue weighted by atomic mass is 31.2. The normalized spacial score (nSPS) is 17.8. The molecule has 1 aliphatic rings. The van der Waals surface area contributed by atoms with Crippen LogP contribution < -0.4 is 9.64 Å². The van der Waals surface area contributed by atoms with Crippen LogP contribution in [0, 0.1) is 5.92 Å². The number of ether oxygens (including phenoxy) is 3. The molecule has 1 aromatic heterocycles. The van der Waals surface area contributed by atoms with Crippen LogP contribution in [-0.4, -0.2) is 77.3 Å². The summed E-state index contributed by atoms with van der Waals surface area (Å²) in [5.41, 5.74) is 0.754. The summed E-state index contributed by atoms with van der Waals surface area (Å²) in [7, 11) is -1.81. The maximum absolute atomic E-state index is 11.9. The minimum Gasteiger partial charge on any atom is -0.494 e. The molecule has 1 aromatic carbocycles. The first-order valence-corrected chi connectivity index (χ1v) is 11.3. The number of aliphatic hydroxyl groups is 1. The van der Waals surface area contributed by atoms with E-state index in [2.05, 4.69) is 14.9 Å². The fourth-order valence-corrected chi connectivity index (χ4v) is 4.39. The molecule has 166 valence electrons. The molecule has 1 aliphatic heterocycles. The summed E-state index contributed by atoms with van der Waals surface area (Å²) in [6, 6.07) is 5.72. The van der Waals surface area contributed by atoms with Gasteiger partial charge in [0.15, 0.2) is 0 Å². The molecule has 0 saturated carbocycles. The second-order valence-electron chi connectivity index (χ2n) is 7.38. The predicted octanol–water partition coefficient (Wildman–Crippen LogP) is 1.38. The summed E-state index contributed by atoms with van der Waals surface area (Å²) in [6.07, 6.45) is 3.03. The van der Waals surface area contributed by atoms with E-state index in [1.54, 1.807) is 7.11 Å². The number of hydrogen-bond donors (Lipinski definition) is 3. The maximum atomic E-state index is 11.9. The van der Waals surface area contributed by atoms with E-state index in [-0.39, 0.29) is 19.1 Å². The molecule has 0 radical (unpaired) electrons. The Morgan fingerprint density at radius 3 is 2.57 bits per heavy atom. The number of aromatic nitrogens is 2. The molecule has 0 amide bonds. The number of piperidine rings is 1. The molecule has 10 nitrogen and oxygen atoms in total. The third kappa shape index (κ3) is 4.59. The van der Waals surface area contributed by atoms with E-state index >= 15 is 0 Å². The zero-order chi connectivity index (χ0) is 21.8. The lowest BCUT2D eigenvalue weighted by Gasteiger charge is -2.36. The summed E-state index contributed by atoms with van der Waals surface area (Å²) in [4.78, 5) is 30.2. The summed E-state index contributed by atoms with van der Waals surface area (Å²) < 4.78 is 27.7. The van der Waals surface area contributed by atoms with Crippen LogP contribution in [0.4, 0.5) is 5.82 Å². The SMILES string of the molecule is COCC(CO)(OCC1CCN(c2ncnc3c(OC)cccc23)CC1)P(=O)(O)O. The Bertz CT molecular complexity index is 901. The zero-order valence-corrected chi connectivity index (χ0v) is 18.0. The van der Waals surface area contributed by atoms with Crippen molar-refractivity contribution in [2.45, 2.75) is 18.2 Å². The fraction of sp³-hybridized carbons (Fsp3) is 0.579. The van der Waals surface area contributed by atoms with Crippen molar-refractivity contribution in [2.24, 2.45) is 5.92 Å². The van der Waals surface area contributed by atoms with Crippen molar-refractivity contribution in [1.82, 2.24) is 9.97 Å². The lowest BCUT2D eigenvalue weighted by molar-refractivity contribution is -0.0870. The van der Waals surface area contributed by atoms with Gasteiger partial charge in [-0.05, 0) is 30.9 Å². The van der Waals surface area contributed by atoms with Crippen LogP contribution in [0.3, 0.4) is 0 Å². The van der Waals surface area contributed by atoms with Gasteiger partial charge in [0.25, 0.3) is 0 Å². The van der Waals surface area contributed by atoms with Crippen LogP contribution in [0.1, 0.15) is 12.8 Å². The van der Waals surface area contributed by atoms with Crippen molar-refractivity contribution < 1.29 is 33.7 Å². The predicted molar refractivity (Wildman–Crippen MR) is 111 cm³/mol. The van der Waals surface area contributed by atoms with Crippen LogP contribution in [0.5, 0.6) is 5.75 Å². The number of benzene rings is 1. The number of anilines is 1. The van der Waals surface area contributed by atoms with Crippen molar-refractivity contribution in [3.8, 4) is 5.75 Å². The number of nitrogens with zero attached hydrogens (tertiary/aromatic N) is 3. The van der Waals surface area contributed by atoms with Crippen molar-refractivity contribution in [2.75, 3.05) is 52.0 Å². The molecule has 30 heavy (non-hydrogen) atoms. The maximum Gasteiger partial charge on any atom is 0.361 e. The Balaban J connectivity index is 1.67. The molecular weight excluding hydrogens is 413 g/mol. The van der Waals surface area contributed by atoms with Crippen molar-refractivity contribution >= 4 is 24.3 Å². The van der Waals surface area contributed by atoms with Crippen molar-refractivity contribution in [3.05, 3.63) is 24.5 Å². The van der Waals surface area contributed by atoms with Gasteiger partial charge in [-0.1, -0.05) is 6.07 Å². The van der Waals surface area contributed by atoms with E-state index in [1.165, 1.54) is 13.4 Å². The summed E-state index contributed by atoms with van der Waals surface area (Å²) in [6.45, 7) is 0.342. The lowest BCUT2D eigenvalue weighted by atomic mass is 9.97. The smallest absolute Gasteiger partial charge is 0.361 e. The van der Waals surface area contributed by atoms with E-state index in [4.69, 9.17) is 14.2 Å². The van der Waals surface area contributed by atoms with E-state index in [1.807, 2.05) is 18.2 Å². The Hall–Kier alpha value is -1.81. The largest absolute Gasteiger partial charge is 0.494 e. The third-order valence-electron chi connectivity index (χ3n) is 5.48. The van der Waals surface area contributed by atoms with Gasteiger partial charge < -0.3 is 34.0 Å². The molecule has 1 atom stereocenters. The minimum absolute atomic E-state index is 0.0956. The van der Waals surface area contributed by atoms with Gasteiger partial charge in [0.1, 0.15) is 23.4 Å². The van der Waals surface area contributed by atoms with Crippen LogP contribution in [0.2, 0.25) is 0 Å². The van der Waals surface area contributed by atoms with E-state index < -0.39 is 19.5 Å². The number of aliphatic hydroxyl groups excluding tert-OH is 1. The van der Waals surface area contributed by atoms with Gasteiger partial charge in [0.05, 0.1) is 26.9 Å². The fourth-order valence-electron chi connectivity index (χ4n) is 3.67. The van der Waals surface area contributed by atoms with E-state index in [0.717, 1.165) is 29.6 Å². The van der Waals surface area contributed by atoms with Crippen LogP contribution >= 0.6 is 7.60 Å². The summed E-state index contributed by atoms with van der Waals surface area (Å²) in [5.74, 6) is 1.62. The molecular formula is C19H28N3O7P. The Morgan fingerprint density at radius 1 is 1.23 bits per heavy atom. The number of methoxy groups -OCH3 is 2. The van der Waals surface area contributed by atoms with Crippen LogP contribution in [0.15, 0.2) is 24.5 Å². The topological polar surface area (TPSA) is 134 Å². The third-order valence-corrected chi connectivity index (χ3v) is 6.94. The molecule has 0 bridgehead atoms. The van der Waals surface area contributed by atoms with Gasteiger partial charge in [0.2, 0.25) is 5.34 Å². The second kappa shape index (κ2) is 9.55. The molecule has 3 N–H and O–H groups in total. The molecule has 2 heterocycles. The monoisotopic (exact) mass is 441 g/mol. The lowest BCUT2D eigenvalue weighted by Crippen LogP contribution is -2.44. The first kappa shape index (κ1) is 22.9. The molecule has 0 aliphatic carbocycles. The zero-order valence-electron chi connectivity index (χ0n) is 17.1. The highest BCUT2D eigenvalue weighted by molar-refractivity contribution is 7.53. The molecule has 1 unspecified atom stereocenters. The first-order chi connectivity index (χ1) is 14.3. The average molecular weight is 441 g/mol. The van der Waals surface area contributed by atoms with Crippen LogP contribution in [0.25, 0.3) is 10.9 Å². The van der Waals surface area contributed by atoms with Crippen molar-refractivity contribution in [1.29, 1.82) is 0 Å². The molecule has 1 fully saturated rings. The highest BCUT2D eigenvalue weighted by Gasteiger charge is 2.48. The molecule has 11 heteroatoms. The van der Waals surface area contributed by atoms with Gasteiger partial charge in [-0.15, -0.1) is 0 Å². The van der Waals surface area contributed by atoms with Crippen LogP contribution in [-0.2, 0) is 14.0 Å². The molecule has 3 rings (SSSR count). The van der Waals surface area contributed by atoms with Crippen molar-refractivity contribution in [3.63, 3.8) is 0 Å². The Morgan fingerprint density at radius 2 is 1.97 bits per heavy atom. The Kier molecular flexibility index (Phi) is 7.28. The average Bonchev–Trinajstić information content (AvgIpc) is 2.75. The van der Waals surface area contributed by atoms with E-state index in [0.29, 0.717) is 18.8 Å². The summed E-state index contributed by atoms with van der Waals surface area (Å²) >= 11 is 0. The number of hydrogen-bond acceptors (Lipinski definition) is 8. The Labute approximate surface area is 175 Å². The number of rotatable bonds is 9. The van der Waals surface area contributed by atoms with Gasteiger partial charge in [-0.2, -0.15) is 0 Å².